The summed E-state index contributed by atoms with van der Waals surface area (Å²) in [6.45, 7) is 2.00. The van der Waals surface area contributed by atoms with Gasteiger partial charge in [0.15, 0.2) is 10.2 Å². The van der Waals surface area contributed by atoms with Crippen molar-refractivity contribution in [2.75, 3.05) is 7.11 Å². The molecule has 0 fully saturated rings. The summed E-state index contributed by atoms with van der Waals surface area (Å²) in [5, 5.41) is 11.9. The van der Waals surface area contributed by atoms with Crippen LogP contribution in [0.25, 0.3) is 0 Å². The number of aryl methyl sites for hydroxylation is 1. The third kappa shape index (κ3) is 3.20. The minimum atomic E-state index is 0.0513. The number of hydrogen-bond donors (Lipinski definition) is 2. The first-order chi connectivity index (χ1) is 9.67. The quantitative estimate of drug-likeness (QED) is 0.381. The molecule has 1 aromatic carbocycles. The van der Waals surface area contributed by atoms with Crippen LogP contribution in [-0.2, 0) is 6.42 Å². The molecular weight excluding hydrogens is 296 g/mol. The Morgan fingerprint density at radius 2 is 2.35 bits per heavy atom. The maximum atomic E-state index is 8.84. The maximum Gasteiger partial charge on any atom is 0.174 e. The Morgan fingerprint density at radius 1 is 1.55 bits per heavy atom. The third-order valence-electron chi connectivity index (χ3n) is 2.54. The second-order valence-corrected chi connectivity index (χ2v) is 5.82. The first-order valence-corrected chi connectivity index (χ1v) is 7.43. The molecule has 20 heavy (non-hydrogen) atoms. The molecule has 1 aromatic heterocycles. The summed E-state index contributed by atoms with van der Waals surface area (Å²) in [6, 6.07) is 5.33. The van der Waals surface area contributed by atoms with Crippen LogP contribution in [0.15, 0.2) is 32.6 Å². The smallest absolute Gasteiger partial charge is 0.174 e. The zero-order valence-corrected chi connectivity index (χ0v) is 12.7. The van der Waals surface area contributed by atoms with Crippen LogP contribution in [0.1, 0.15) is 18.3 Å². The number of aromatic nitrogens is 2. The second kappa shape index (κ2) is 6.58. The molecule has 0 aliphatic carbocycles. The molecule has 0 bridgehead atoms. The molecule has 8 heteroatoms. The molecule has 0 amide bonds. The van der Waals surface area contributed by atoms with E-state index in [1.165, 1.54) is 23.3 Å². The number of benzene rings is 1. The van der Waals surface area contributed by atoms with Gasteiger partial charge in [0.1, 0.15) is 11.6 Å². The Bertz CT molecular complexity index is 628. The molecule has 6 nitrogen and oxygen atoms in total. The number of amidine groups is 1. The molecule has 106 valence electrons. The highest BCUT2D eigenvalue weighted by Gasteiger charge is 2.13. The summed E-state index contributed by atoms with van der Waals surface area (Å²) < 4.78 is 10.2. The van der Waals surface area contributed by atoms with Gasteiger partial charge in [0.05, 0.1) is 7.11 Å². The van der Waals surface area contributed by atoms with E-state index in [0.29, 0.717) is 11.3 Å². The summed E-state index contributed by atoms with van der Waals surface area (Å²) in [4.78, 5) is 5.20. The van der Waals surface area contributed by atoms with E-state index in [9.17, 15) is 0 Å². The Balaban J connectivity index is 2.37. The Kier molecular flexibility index (Phi) is 4.80. The van der Waals surface area contributed by atoms with Crippen molar-refractivity contribution in [2.24, 2.45) is 10.9 Å². The number of nitrogens with two attached hydrogens (primary N) is 1. The van der Waals surface area contributed by atoms with Crippen molar-refractivity contribution in [3.05, 3.63) is 29.6 Å². The van der Waals surface area contributed by atoms with Crippen LogP contribution in [0.5, 0.6) is 5.75 Å². The highest BCUT2D eigenvalue weighted by atomic mass is 32.2. The Morgan fingerprint density at radius 3 is 2.95 bits per heavy atom. The van der Waals surface area contributed by atoms with Crippen LogP contribution in [-0.4, -0.2) is 27.5 Å². The number of hydrogen-bond acceptors (Lipinski definition) is 7. The first kappa shape index (κ1) is 14.6. The first-order valence-electron chi connectivity index (χ1n) is 5.84. The van der Waals surface area contributed by atoms with Crippen LogP contribution in [0, 0.1) is 0 Å². The van der Waals surface area contributed by atoms with Crippen LogP contribution in [0.2, 0.25) is 0 Å². The summed E-state index contributed by atoms with van der Waals surface area (Å²) in [5.74, 6) is 1.56. The summed E-state index contributed by atoms with van der Waals surface area (Å²) >= 11 is 2.74. The predicted molar refractivity (Wildman–Crippen MR) is 78.9 cm³/mol. The number of nitrogens with zero attached hydrogens (tertiary/aromatic N) is 3. The van der Waals surface area contributed by atoms with E-state index in [4.69, 9.17) is 15.7 Å². The lowest BCUT2D eigenvalue weighted by Crippen LogP contribution is -2.14. The molecule has 0 aliphatic heterocycles. The number of methoxy groups -OCH3 is 1. The van der Waals surface area contributed by atoms with Gasteiger partial charge in [-0.1, -0.05) is 23.8 Å². The minimum Gasteiger partial charge on any atom is -0.497 e. The summed E-state index contributed by atoms with van der Waals surface area (Å²) in [5.41, 5.74) is 6.32. The van der Waals surface area contributed by atoms with Crippen molar-refractivity contribution < 1.29 is 9.94 Å². The van der Waals surface area contributed by atoms with Gasteiger partial charge in [-0.15, -0.1) is 0 Å². The SMILES string of the molecule is CCc1nsc(Sc2cc(OC)ccc2/C(N)=N/O)n1. The van der Waals surface area contributed by atoms with Gasteiger partial charge in [0.25, 0.3) is 0 Å². The molecule has 0 atom stereocenters. The average Bonchev–Trinajstić information content (AvgIpc) is 2.94. The van der Waals surface area contributed by atoms with E-state index in [2.05, 4.69) is 14.5 Å². The van der Waals surface area contributed by atoms with E-state index in [1.807, 2.05) is 13.0 Å². The van der Waals surface area contributed by atoms with Crippen molar-refractivity contribution in [3.8, 4) is 5.75 Å². The van der Waals surface area contributed by atoms with E-state index >= 15 is 0 Å². The Hall–Kier alpha value is -1.80. The van der Waals surface area contributed by atoms with Crippen LogP contribution in [0.3, 0.4) is 0 Å². The second-order valence-electron chi connectivity index (χ2n) is 3.78. The Labute approximate surface area is 124 Å². The molecule has 0 unspecified atom stereocenters. The molecule has 2 aromatic rings. The van der Waals surface area contributed by atoms with Crippen molar-refractivity contribution >= 4 is 29.1 Å². The zero-order valence-electron chi connectivity index (χ0n) is 11.0. The number of rotatable bonds is 5. The lowest BCUT2D eigenvalue weighted by atomic mass is 10.2. The fraction of sp³-hybridized carbons (Fsp3) is 0.250. The summed E-state index contributed by atoms with van der Waals surface area (Å²) in [6.07, 6.45) is 0.794. The topological polar surface area (TPSA) is 93.6 Å². The minimum absolute atomic E-state index is 0.0513. The van der Waals surface area contributed by atoms with Crippen molar-refractivity contribution in [1.82, 2.24) is 9.36 Å². The van der Waals surface area contributed by atoms with Crippen molar-refractivity contribution in [3.63, 3.8) is 0 Å². The van der Waals surface area contributed by atoms with Gasteiger partial charge in [-0.25, -0.2) is 4.98 Å². The number of ether oxygens (including phenoxy) is 1. The van der Waals surface area contributed by atoms with E-state index in [1.54, 1.807) is 19.2 Å². The van der Waals surface area contributed by atoms with Gasteiger partial charge < -0.3 is 15.7 Å². The molecule has 2 rings (SSSR count). The molecule has 0 saturated carbocycles. The van der Waals surface area contributed by atoms with Gasteiger partial charge >= 0.3 is 0 Å². The van der Waals surface area contributed by atoms with Crippen LogP contribution in [0.4, 0.5) is 0 Å². The van der Waals surface area contributed by atoms with Gasteiger partial charge in [-0.2, -0.15) is 4.37 Å². The van der Waals surface area contributed by atoms with Crippen molar-refractivity contribution in [1.29, 1.82) is 0 Å². The standard InChI is InChI=1S/C12H14N4O2S2/c1-3-10-14-12(20-16-10)19-9-6-7(18-2)4-5-8(9)11(13)15-17/h4-6,17H,3H2,1-2H3,(H2,13,15). The van der Waals surface area contributed by atoms with E-state index in [-0.39, 0.29) is 5.84 Å². The predicted octanol–water partition coefficient (Wildman–Crippen LogP) is 2.35. The molecule has 3 N–H and O–H groups in total. The van der Waals surface area contributed by atoms with Gasteiger partial charge in [0.2, 0.25) is 0 Å². The number of oxime groups is 1. The molecule has 0 spiro atoms. The molecule has 1 heterocycles. The van der Waals surface area contributed by atoms with E-state index < -0.39 is 0 Å². The monoisotopic (exact) mass is 310 g/mol. The van der Waals surface area contributed by atoms with Crippen LogP contribution >= 0.6 is 23.3 Å². The third-order valence-corrected chi connectivity index (χ3v) is 4.38. The average molecular weight is 310 g/mol. The van der Waals surface area contributed by atoms with Gasteiger partial charge in [-0.05, 0) is 29.7 Å². The highest BCUT2D eigenvalue weighted by molar-refractivity contribution is 8.01. The van der Waals surface area contributed by atoms with E-state index in [0.717, 1.165) is 21.5 Å². The largest absolute Gasteiger partial charge is 0.497 e. The summed E-state index contributed by atoms with van der Waals surface area (Å²) in [7, 11) is 1.59. The van der Waals surface area contributed by atoms with Gasteiger partial charge in [0, 0.05) is 16.9 Å². The molecule has 0 radical (unpaired) electrons. The van der Waals surface area contributed by atoms with Crippen molar-refractivity contribution in [2.45, 2.75) is 22.6 Å². The molecular formula is C12H14N4O2S2. The van der Waals surface area contributed by atoms with Crippen LogP contribution < -0.4 is 10.5 Å². The lowest BCUT2D eigenvalue weighted by Gasteiger charge is -2.08. The lowest BCUT2D eigenvalue weighted by molar-refractivity contribution is 0.318. The zero-order chi connectivity index (χ0) is 14.5. The normalized spacial score (nSPS) is 11.6. The fourth-order valence-electron chi connectivity index (χ4n) is 1.50. The highest BCUT2D eigenvalue weighted by Crippen LogP contribution is 2.34. The maximum absolute atomic E-state index is 8.84. The fourth-order valence-corrected chi connectivity index (χ4v) is 3.32. The van der Waals surface area contributed by atoms with Gasteiger partial charge in [-0.3, -0.25) is 0 Å². The molecule has 0 aliphatic rings. The molecule has 0 saturated heterocycles.